The van der Waals surface area contributed by atoms with E-state index in [1.165, 1.54) is 10.4 Å². The SMILES string of the molecule is CC(C)COc1ccc(C(C)NCc2cc(Br)cs2)cc1. The fraction of sp³-hybridized carbons (Fsp3) is 0.412. The molecule has 0 aliphatic rings. The summed E-state index contributed by atoms with van der Waals surface area (Å²) in [6.45, 7) is 8.16. The van der Waals surface area contributed by atoms with E-state index >= 15 is 0 Å². The highest BCUT2D eigenvalue weighted by molar-refractivity contribution is 9.10. The van der Waals surface area contributed by atoms with Crippen LogP contribution >= 0.6 is 27.3 Å². The molecule has 0 amide bonds. The molecule has 0 saturated heterocycles. The van der Waals surface area contributed by atoms with E-state index in [-0.39, 0.29) is 0 Å². The predicted molar refractivity (Wildman–Crippen MR) is 94.0 cm³/mol. The first-order valence-corrected chi connectivity index (χ1v) is 8.91. The van der Waals surface area contributed by atoms with E-state index in [0.717, 1.165) is 23.4 Å². The molecular weight excluding hydrogens is 346 g/mol. The van der Waals surface area contributed by atoms with Crippen molar-refractivity contribution in [2.45, 2.75) is 33.4 Å². The van der Waals surface area contributed by atoms with Crippen LogP contribution in [0.4, 0.5) is 0 Å². The third kappa shape index (κ3) is 5.46. The van der Waals surface area contributed by atoms with Crippen LogP contribution in [0, 0.1) is 5.92 Å². The second-order valence-electron chi connectivity index (χ2n) is 5.61. The van der Waals surface area contributed by atoms with Gasteiger partial charge in [-0.15, -0.1) is 11.3 Å². The molecule has 0 spiro atoms. The quantitative estimate of drug-likeness (QED) is 0.707. The molecule has 0 radical (unpaired) electrons. The maximum Gasteiger partial charge on any atom is 0.119 e. The Balaban J connectivity index is 1.85. The number of rotatable bonds is 7. The molecule has 2 rings (SSSR count). The molecule has 1 heterocycles. The normalized spacial score (nSPS) is 12.6. The Labute approximate surface area is 139 Å². The number of benzene rings is 1. The van der Waals surface area contributed by atoms with Crippen LogP contribution in [0.25, 0.3) is 0 Å². The summed E-state index contributed by atoms with van der Waals surface area (Å²) >= 11 is 5.25. The molecule has 0 fully saturated rings. The Morgan fingerprint density at radius 3 is 2.48 bits per heavy atom. The predicted octanol–water partition coefficient (Wildman–Crippen LogP) is 5.40. The van der Waals surface area contributed by atoms with E-state index in [9.17, 15) is 0 Å². The van der Waals surface area contributed by atoms with Gasteiger partial charge in [0.2, 0.25) is 0 Å². The van der Waals surface area contributed by atoms with Crippen LogP contribution < -0.4 is 10.1 Å². The van der Waals surface area contributed by atoms with Gasteiger partial charge in [0.1, 0.15) is 5.75 Å². The second kappa shape index (κ2) is 7.97. The van der Waals surface area contributed by atoms with E-state index in [2.05, 4.69) is 77.7 Å². The summed E-state index contributed by atoms with van der Waals surface area (Å²) in [6.07, 6.45) is 0. The molecule has 4 heteroatoms. The maximum atomic E-state index is 5.71. The van der Waals surface area contributed by atoms with Crippen molar-refractivity contribution in [3.05, 3.63) is 50.6 Å². The van der Waals surface area contributed by atoms with E-state index in [1.54, 1.807) is 11.3 Å². The van der Waals surface area contributed by atoms with E-state index in [4.69, 9.17) is 4.74 Å². The number of nitrogens with one attached hydrogen (secondary N) is 1. The third-order valence-corrected chi connectivity index (χ3v) is 4.87. The van der Waals surface area contributed by atoms with E-state index in [1.807, 2.05) is 0 Å². The highest BCUT2D eigenvalue weighted by atomic mass is 79.9. The van der Waals surface area contributed by atoms with Gasteiger partial charge in [-0.25, -0.2) is 0 Å². The summed E-state index contributed by atoms with van der Waals surface area (Å²) in [5, 5.41) is 5.66. The average Bonchev–Trinajstić information content (AvgIpc) is 2.89. The van der Waals surface area contributed by atoms with Gasteiger partial charge in [0.05, 0.1) is 6.61 Å². The standard InChI is InChI=1S/C17H22BrNOS/c1-12(2)10-20-16-6-4-14(5-7-16)13(3)19-9-17-8-15(18)11-21-17/h4-8,11-13,19H,9-10H2,1-3H3. The second-order valence-corrected chi connectivity index (χ2v) is 7.52. The number of ether oxygens (including phenoxy) is 1. The van der Waals surface area contributed by atoms with Crippen LogP contribution in [-0.4, -0.2) is 6.61 Å². The lowest BCUT2D eigenvalue weighted by molar-refractivity contribution is 0.271. The van der Waals surface area contributed by atoms with E-state index < -0.39 is 0 Å². The molecule has 2 nitrogen and oxygen atoms in total. The molecule has 1 aromatic heterocycles. The van der Waals surface area contributed by atoms with Crippen molar-refractivity contribution in [1.82, 2.24) is 5.32 Å². The molecule has 114 valence electrons. The molecule has 21 heavy (non-hydrogen) atoms. The first-order chi connectivity index (χ1) is 10.0. The molecule has 0 aliphatic heterocycles. The Bertz CT molecular complexity index is 550. The minimum atomic E-state index is 0.324. The zero-order valence-electron chi connectivity index (χ0n) is 12.7. The molecule has 1 unspecified atom stereocenters. The topological polar surface area (TPSA) is 21.3 Å². The first kappa shape index (κ1) is 16.5. The van der Waals surface area contributed by atoms with Gasteiger partial charge in [-0.2, -0.15) is 0 Å². The van der Waals surface area contributed by atoms with Crippen molar-refractivity contribution < 1.29 is 4.74 Å². The van der Waals surface area contributed by atoms with Gasteiger partial charge in [0.25, 0.3) is 0 Å². The Morgan fingerprint density at radius 1 is 1.19 bits per heavy atom. The lowest BCUT2D eigenvalue weighted by Gasteiger charge is -2.15. The van der Waals surface area contributed by atoms with Gasteiger partial charge in [0.15, 0.2) is 0 Å². The third-order valence-electron chi connectivity index (χ3n) is 3.17. The van der Waals surface area contributed by atoms with Crippen molar-refractivity contribution in [3.63, 3.8) is 0 Å². The van der Waals surface area contributed by atoms with Crippen LogP contribution in [0.15, 0.2) is 40.2 Å². The minimum absolute atomic E-state index is 0.324. The molecule has 1 N–H and O–H groups in total. The first-order valence-electron chi connectivity index (χ1n) is 7.23. The van der Waals surface area contributed by atoms with Crippen LogP contribution in [0.1, 0.15) is 37.3 Å². The summed E-state index contributed by atoms with van der Waals surface area (Å²) in [7, 11) is 0. The zero-order chi connectivity index (χ0) is 15.2. The Morgan fingerprint density at radius 2 is 1.90 bits per heavy atom. The van der Waals surface area contributed by atoms with Crippen LogP contribution in [-0.2, 0) is 6.54 Å². The van der Waals surface area contributed by atoms with Crippen LogP contribution in [0.3, 0.4) is 0 Å². The molecular formula is C17H22BrNOS. The molecule has 1 aromatic carbocycles. The maximum absolute atomic E-state index is 5.71. The largest absolute Gasteiger partial charge is 0.493 e. The number of halogens is 1. The summed E-state index contributed by atoms with van der Waals surface area (Å²) < 4.78 is 6.87. The van der Waals surface area contributed by atoms with E-state index in [0.29, 0.717) is 12.0 Å². The highest BCUT2D eigenvalue weighted by Gasteiger charge is 2.06. The van der Waals surface area contributed by atoms with Crippen molar-refractivity contribution in [2.24, 2.45) is 5.92 Å². The van der Waals surface area contributed by atoms with Gasteiger partial charge >= 0.3 is 0 Å². The molecule has 1 atom stereocenters. The number of hydrogen-bond donors (Lipinski definition) is 1. The van der Waals surface area contributed by atoms with Gasteiger partial charge in [0, 0.05) is 27.3 Å². The van der Waals surface area contributed by atoms with Crippen molar-refractivity contribution in [2.75, 3.05) is 6.61 Å². The summed E-state index contributed by atoms with van der Waals surface area (Å²) in [5.41, 5.74) is 1.28. The minimum Gasteiger partial charge on any atom is -0.493 e. The van der Waals surface area contributed by atoms with Gasteiger partial charge < -0.3 is 10.1 Å². The lowest BCUT2D eigenvalue weighted by atomic mass is 10.1. The molecule has 0 bridgehead atoms. The zero-order valence-corrected chi connectivity index (χ0v) is 15.1. The highest BCUT2D eigenvalue weighted by Crippen LogP contribution is 2.22. The summed E-state index contributed by atoms with van der Waals surface area (Å²) in [4.78, 5) is 1.34. The smallest absolute Gasteiger partial charge is 0.119 e. The van der Waals surface area contributed by atoms with Gasteiger partial charge in [-0.05, 0) is 52.5 Å². The molecule has 0 saturated carbocycles. The number of thiophene rings is 1. The van der Waals surface area contributed by atoms with Gasteiger partial charge in [-0.1, -0.05) is 26.0 Å². The Hall–Kier alpha value is -0.840. The van der Waals surface area contributed by atoms with Crippen LogP contribution in [0.2, 0.25) is 0 Å². The fourth-order valence-corrected chi connectivity index (χ4v) is 3.34. The van der Waals surface area contributed by atoms with Gasteiger partial charge in [-0.3, -0.25) is 0 Å². The Kier molecular flexibility index (Phi) is 6.27. The van der Waals surface area contributed by atoms with Crippen LogP contribution in [0.5, 0.6) is 5.75 Å². The lowest BCUT2D eigenvalue weighted by Crippen LogP contribution is -2.17. The average molecular weight is 368 g/mol. The molecule has 2 aromatic rings. The monoisotopic (exact) mass is 367 g/mol. The van der Waals surface area contributed by atoms with Crippen molar-refractivity contribution >= 4 is 27.3 Å². The summed E-state index contributed by atoms with van der Waals surface area (Å²) in [6, 6.07) is 10.9. The molecule has 0 aliphatic carbocycles. The summed E-state index contributed by atoms with van der Waals surface area (Å²) in [5.74, 6) is 1.50. The fourth-order valence-electron chi connectivity index (χ4n) is 1.93. The number of hydrogen-bond acceptors (Lipinski definition) is 3. The van der Waals surface area contributed by atoms with Crippen molar-refractivity contribution in [3.8, 4) is 5.75 Å². The van der Waals surface area contributed by atoms with Crippen molar-refractivity contribution in [1.29, 1.82) is 0 Å².